The first-order chi connectivity index (χ1) is 10.7. The molecule has 1 heterocycles. The number of rotatable bonds is 4. The second-order valence-electron chi connectivity index (χ2n) is 5.64. The molecule has 116 valence electrons. The summed E-state index contributed by atoms with van der Waals surface area (Å²) in [6.45, 7) is 0.00378. The molecule has 1 N–H and O–H groups in total. The van der Waals surface area contributed by atoms with Crippen molar-refractivity contribution in [2.75, 3.05) is 6.61 Å². The lowest BCUT2D eigenvalue weighted by atomic mass is 9.95. The van der Waals surface area contributed by atoms with E-state index in [1.165, 1.54) is 19.3 Å². The number of nitrogens with one attached hydrogen (secondary N) is 1. The van der Waals surface area contributed by atoms with Crippen LogP contribution in [-0.4, -0.2) is 23.5 Å². The summed E-state index contributed by atoms with van der Waals surface area (Å²) < 4.78 is 5.64. The topological polar surface area (TPSA) is 51.2 Å². The molecule has 0 aliphatic heterocycles. The predicted octanol–water partition coefficient (Wildman–Crippen LogP) is 3.72. The second kappa shape index (κ2) is 6.97. The highest BCUT2D eigenvalue weighted by molar-refractivity contribution is 6.35. The zero-order valence-electron chi connectivity index (χ0n) is 12.3. The molecule has 1 saturated carbocycles. The molecule has 1 fully saturated rings. The zero-order valence-corrected chi connectivity index (χ0v) is 13.1. The summed E-state index contributed by atoms with van der Waals surface area (Å²) >= 11 is 6.15. The Labute approximate surface area is 134 Å². The summed E-state index contributed by atoms with van der Waals surface area (Å²) in [6.07, 6.45) is 7.47. The molecule has 0 spiro atoms. The van der Waals surface area contributed by atoms with Crippen LogP contribution in [0.3, 0.4) is 0 Å². The maximum absolute atomic E-state index is 12.0. The lowest BCUT2D eigenvalue weighted by Gasteiger charge is -2.22. The fourth-order valence-corrected chi connectivity index (χ4v) is 3.10. The van der Waals surface area contributed by atoms with Gasteiger partial charge >= 0.3 is 0 Å². The van der Waals surface area contributed by atoms with E-state index in [4.69, 9.17) is 16.3 Å². The molecule has 0 saturated heterocycles. The molecule has 1 aromatic heterocycles. The van der Waals surface area contributed by atoms with Crippen LogP contribution < -0.4 is 10.1 Å². The van der Waals surface area contributed by atoms with Gasteiger partial charge in [0.05, 0.1) is 5.02 Å². The maximum atomic E-state index is 12.0. The van der Waals surface area contributed by atoms with Crippen molar-refractivity contribution in [1.29, 1.82) is 0 Å². The zero-order chi connectivity index (χ0) is 15.4. The van der Waals surface area contributed by atoms with Gasteiger partial charge in [-0.1, -0.05) is 30.9 Å². The largest absolute Gasteiger partial charge is 0.481 e. The first-order valence-electron chi connectivity index (χ1n) is 7.69. The highest BCUT2D eigenvalue weighted by Gasteiger charge is 2.16. The van der Waals surface area contributed by atoms with Crippen LogP contribution in [0.2, 0.25) is 5.02 Å². The standard InChI is InChI=1S/C17H19ClN2O2/c18-14-8-9-15(17-13(14)7-4-10-19-17)22-11-16(21)20-12-5-2-1-3-6-12/h4,7-10,12H,1-3,5-6,11H2,(H,20,21). The van der Waals surface area contributed by atoms with Gasteiger partial charge in [0, 0.05) is 17.6 Å². The molecule has 22 heavy (non-hydrogen) atoms. The molecular weight excluding hydrogens is 300 g/mol. The third kappa shape index (κ3) is 3.50. The highest BCUT2D eigenvalue weighted by atomic mass is 35.5. The third-order valence-electron chi connectivity index (χ3n) is 4.01. The Hall–Kier alpha value is -1.81. The summed E-state index contributed by atoms with van der Waals surface area (Å²) in [5.41, 5.74) is 0.681. The molecule has 1 aliphatic carbocycles. The smallest absolute Gasteiger partial charge is 0.258 e. The molecule has 5 heteroatoms. The fraction of sp³-hybridized carbons (Fsp3) is 0.412. The minimum absolute atomic E-state index is 0.00378. The highest BCUT2D eigenvalue weighted by Crippen LogP contribution is 2.29. The summed E-state index contributed by atoms with van der Waals surface area (Å²) in [6, 6.07) is 7.53. The molecule has 1 aromatic carbocycles. The number of aromatic nitrogens is 1. The van der Waals surface area contributed by atoms with E-state index in [-0.39, 0.29) is 12.5 Å². The number of amides is 1. The van der Waals surface area contributed by atoms with Crippen molar-refractivity contribution in [2.45, 2.75) is 38.1 Å². The van der Waals surface area contributed by atoms with Crippen LogP contribution >= 0.6 is 11.6 Å². The number of fused-ring (bicyclic) bond motifs is 1. The van der Waals surface area contributed by atoms with Gasteiger partial charge in [-0.25, -0.2) is 0 Å². The Balaban J connectivity index is 1.64. The fourth-order valence-electron chi connectivity index (χ4n) is 2.89. The average molecular weight is 319 g/mol. The van der Waals surface area contributed by atoms with Crippen LogP contribution in [0.15, 0.2) is 30.5 Å². The first kappa shape index (κ1) is 15.1. The van der Waals surface area contributed by atoms with Crippen LogP contribution in [-0.2, 0) is 4.79 Å². The van der Waals surface area contributed by atoms with E-state index in [1.807, 2.05) is 12.1 Å². The van der Waals surface area contributed by atoms with Gasteiger partial charge in [-0.2, -0.15) is 0 Å². The number of carbonyl (C=O) groups excluding carboxylic acids is 1. The van der Waals surface area contributed by atoms with Gasteiger partial charge in [-0.3, -0.25) is 9.78 Å². The first-order valence-corrected chi connectivity index (χ1v) is 8.07. The second-order valence-corrected chi connectivity index (χ2v) is 6.04. The van der Waals surface area contributed by atoms with Crippen molar-refractivity contribution in [3.8, 4) is 5.75 Å². The van der Waals surface area contributed by atoms with Gasteiger partial charge < -0.3 is 10.1 Å². The summed E-state index contributed by atoms with van der Waals surface area (Å²) in [5, 5.41) is 4.49. The molecular formula is C17H19ClN2O2. The number of carbonyl (C=O) groups is 1. The van der Waals surface area contributed by atoms with E-state index in [1.54, 1.807) is 18.3 Å². The predicted molar refractivity (Wildman–Crippen MR) is 87.3 cm³/mol. The van der Waals surface area contributed by atoms with Gasteiger partial charge in [0.25, 0.3) is 5.91 Å². The van der Waals surface area contributed by atoms with Crippen molar-refractivity contribution in [3.63, 3.8) is 0 Å². The van der Waals surface area contributed by atoms with Gasteiger partial charge in [-0.05, 0) is 37.1 Å². The van der Waals surface area contributed by atoms with Crippen molar-refractivity contribution in [1.82, 2.24) is 10.3 Å². The lowest BCUT2D eigenvalue weighted by molar-refractivity contribution is -0.124. The molecule has 0 radical (unpaired) electrons. The van der Waals surface area contributed by atoms with Gasteiger partial charge in [0.2, 0.25) is 0 Å². The van der Waals surface area contributed by atoms with E-state index in [2.05, 4.69) is 10.3 Å². The van der Waals surface area contributed by atoms with E-state index in [0.29, 0.717) is 22.3 Å². The molecule has 3 rings (SSSR count). The molecule has 0 bridgehead atoms. The summed E-state index contributed by atoms with van der Waals surface area (Å²) in [5.74, 6) is 0.504. The Morgan fingerprint density at radius 2 is 2.09 bits per heavy atom. The number of nitrogens with zero attached hydrogens (tertiary/aromatic N) is 1. The molecule has 0 unspecified atom stereocenters. The molecule has 0 atom stereocenters. The van der Waals surface area contributed by atoms with Gasteiger partial charge in [0.1, 0.15) is 11.3 Å². The average Bonchev–Trinajstić information content (AvgIpc) is 2.55. The van der Waals surface area contributed by atoms with Crippen LogP contribution in [0, 0.1) is 0 Å². The maximum Gasteiger partial charge on any atom is 0.258 e. The van der Waals surface area contributed by atoms with Crippen molar-refractivity contribution in [3.05, 3.63) is 35.5 Å². The number of ether oxygens (including phenoxy) is 1. The van der Waals surface area contributed by atoms with Crippen LogP contribution in [0.25, 0.3) is 10.9 Å². The van der Waals surface area contributed by atoms with Crippen LogP contribution in [0.5, 0.6) is 5.75 Å². The van der Waals surface area contributed by atoms with E-state index in [9.17, 15) is 4.79 Å². The number of benzene rings is 1. The monoisotopic (exact) mass is 318 g/mol. The Morgan fingerprint density at radius 3 is 2.91 bits per heavy atom. The Kier molecular flexibility index (Phi) is 4.78. The van der Waals surface area contributed by atoms with E-state index >= 15 is 0 Å². The number of hydrogen-bond donors (Lipinski definition) is 1. The van der Waals surface area contributed by atoms with Crippen molar-refractivity contribution >= 4 is 28.4 Å². The molecule has 1 amide bonds. The minimum Gasteiger partial charge on any atom is -0.481 e. The Morgan fingerprint density at radius 1 is 1.27 bits per heavy atom. The molecule has 2 aromatic rings. The van der Waals surface area contributed by atoms with Gasteiger partial charge in [0.15, 0.2) is 6.61 Å². The summed E-state index contributed by atoms with van der Waals surface area (Å²) in [4.78, 5) is 16.3. The normalized spacial score (nSPS) is 15.7. The SMILES string of the molecule is O=C(COc1ccc(Cl)c2cccnc12)NC1CCCCC1. The van der Waals surface area contributed by atoms with Gasteiger partial charge in [-0.15, -0.1) is 0 Å². The minimum atomic E-state index is -0.0778. The molecule has 4 nitrogen and oxygen atoms in total. The third-order valence-corrected chi connectivity index (χ3v) is 4.34. The number of halogens is 1. The lowest BCUT2D eigenvalue weighted by Crippen LogP contribution is -2.38. The molecule has 1 aliphatic rings. The number of pyridine rings is 1. The quantitative estimate of drug-likeness (QED) is 0.934. The van der Waals surface area contributed by atoms with Crippen LogP contribution in [0.1, 0.15) is 32.1 Å². The van der Waals surface area contributed by atoms with Crippen molar-refractivity contribution in [2.24, 2.45) is 0 Å². The van der Waals surface area contributed by atoms with E-state index in [0.717, 1.165) is 18.2 Å². The Bertz CT molecular complexity index is 669. The van der Waals surface area contributed by atoms with E-state index < -0.39 is 0 Å². The van der Waals surface area contributed by atoms with Crippen molar-refractivity contribution < 1.29 is 9.53 Å². The number of hydrogen-bond acceptors (Lipinski definition) is 3. The summed E-state index contributed by atoms with van der Waals surface area (Å²) in [7, 11) is 0. The van der Waals surface area contributed by atoms with Crippen LogP contribution in [0.4, 0.5) is 0 Å².